The molecule has 182 valence electrons. The molecule has 2 aliphatic heterocycles. The van der Waals surface area contributed by atoms with Crippen LogP contribution in [0.1, 0.15) is 39.6 Å². The number of hydrogen-bond acceptors (Lipinski definition) is 7. The first kappa shape index (κ1) is 24.3. The molecule has 1 unspecified atom stereocenters. The van der Waals surface area contributed by atoms with Gasteiger partial charge in [0.2, 0.25) is 0 Å². The lowest BCUT2D eigenvalue weighted by Crippen LogP contribution is -2.44. The maximum Gasteiger partial charge on any atom is 0.285 e. The maximum atomic E-state index is 13.0. The smallest absolute Gasteiger partial charge is 0.285 e. The first-order valence-electron chi connectivity index (χ1n) is 11.7. The SMILES string of the molecule is CC(CON1C(=O)c2ccccc2C1=O)N1CCCc2c1cnn(COCC[Si](C)(C)C)c2=O. The standard InChI is InChI=1S/C24H32N4O5Si/c1-17(15-33-28-23(30)18-8-5-6-9-19(18)24(28)31)26-11-7-10-20-21(26)14-25-27(22(20)29)16-32-12-13-34(2,3)4/h5-6,8-9,14,17H,7,10-13,15-16H2,1-4H3. The molecule has 2 aromatic rings. The van der Waals surface area contributed by atoms with Gasteiger partial charge in [0.15, 0.2) is 0 Å². The zero-order chi connectivity index (χ0) is 24.5. The second kappa shape index (κ2) is 9.81. The van der Waals surface area contributed by atoms with Gasteiger partial charge in [-0.3, -0.25) is 19.2 Å². The number of imide groups is 1. The summed E-state index contributed by atoms with van der Waals surface area (Å²) in [6.07, 6.45) is 3.20. The van der Waals surface area contributed by atoms with Crippen molar-refractivity contribution in [2.24, 2.45) is 0 Å². The minimum Gasteiger partial charge on any atom is -0.365 e. The number of anilines is 1. The summed E-state index contributed by atoms with van der Waals surface area (Å²) in [6, 6.07) is 7.54. The van der Waals surface area contributed by atoms with E-state index >= 15 is 0 Å². The molecule has 0 bridgehead atoms. The van der Waals surface area contributed by atoms with E-state index < -0.39 is 19.9 Å². The van der Waals surface area contributed by atoms with Gasteiger partial charge in [0, 0.05) is 26.8 Å². The molecule has 4 rings (SSSR count). The molecule has 2 amide bonds. The predicted octanol–water partition coefficient (Wildman–Crippen LogP) is 2.92. The molecule has 2 aliphatic rings. The third-order valence-corrected chi connectivity index (χ3v) is 7.90. The van der Waals surface area contributed by atoms with Gasteiger partial charge in [-0.05, 0) is 37.9 Å². The zero-order valence-corrected chi connectivity index (χ0v) is 21.2. The van der Waals surface area contributed by atoms with Crippen LogP contribution < -0.4 is 10.5 Å². The van der Waals surface area contributed by atoms with Crippen LogP contribution in [0.25, 0.3) is 0 Å². The Kier molecular flexibility index (Phi) is 7.01. The lowest BCUT2D eigenvalue weighted by Gasteiger charge is -2.35. The molecule has 1 aromatic carbocycles. The molecular formula is C24H32N4O5Si. The molecule has 34 heavy (non-hydrogen) atoms. The Bertz CT molecular complexity index is 1110. The Morgan fingerprint density at radius 2 is 1.76 bits per heavy atom. The van der Waals surface area contributed by atoms with Crippen molar-refractivity contribution >= 4 is 25.6 Å². The Morgan fingerprint density at radius 1 is 1.09 bits per heavy atom. The zero-order valence-electron chi connectivity index (χ0n) is 20.2. The number of hydroxylamine groups is 2. The molecule has 0 N–H and O–H groups in total. The summed E-state index contributed by atoms with van der Waals surface area (Å²) < 4.78 is 7.10. The van der Waals surface area contributed by atoms with E-state index in [9.17, 15) is 14.4 Å². The molecule has 0 fully saturated rings. The lowest BCUT2D eigenvalue weighted by atomic mass is 10.0. The minimum atomic E-state index is -1.20. The summed E-state index contributed by atoms with van der Waals surface area (Å²) in [4.78, 5) is 45.8. The molecule has 0 spiro atoms. The molecule has 0 radical (unpaired) electrons. The first-order valence-corrected chi connectivity index (χ1v) is 15.4. The van der Waals surface area contributed by atoms with Crippen LogP contribution in [-0.2, 0) is 22.7 Å². The molecule has 10 heteroatoms. The fraction of sp³-hybridized carbons (Fsp3) is 0.500. The molecule has 0 saturated heterocycles. The average molecular weight is 485 g/mol. The van der Waals surface area contributed by atoms with Gasteiger partial charge in [0.1, 0.15) is 6.73 Å². The quantitative estimate of drug-likeness (QED) is 0.307. The summed E-state index contributed by atoms with van der Waals surface area (Å²) in [6.45, 7) is 10.4. The van der Waals surface area contributed by atoms with Gasteiger partial charge in [0.05, 0.1) is 35.7 Å². The van der Waals surface area contributed by atoms with E-state index in [-0.39, 0.29) is 24.9 Å². The number of aromatic nitrogens is 2. The lowest BCUT2D eigenvalue weighted by molar-refractivity contribution is -0.0946. The van der Waals surface area contributed by atoms with Crippen molar-refractivity contribution in [1.29, 1.82) is 0 Å². The Morgan fingerprint density at radius 3 is 2.41 bits per heavy atom. The van der Waals surface area contributed by atoms with Gasteiger partial charge in [-0.2, -0.15) is 5.10 Å². The Balaban J connectivity index is 1.40. The van der Waals surface area contributed by atoms with Crippen molar-refractivity contribution in [3.8, 4) is 0 Å². The Hall–Kier alpha value is -2.82. The van der Waals surface area contributed by atoms with Crippen molar-refractivity contribution in [3.63, 3.8) is 0 Å². The first-order chi connectivity index (χ1) is 16.2. The van der Waals surface area contributed by atoms with Gasteiger partial charge >= 0.3 is 0 Å². The van der Waals surface area contributed by atoms with E-state index in [0.29, 0.717) is 29.7 Å². The summed E-state index contributed by atoms with van der Waals surface area (Å²) in [5.41, 5.74) is 2.04. The van der Waals surface area contributed by atoms with Crippen molar-refractivity contribution in [3.05, 3.63) is 57.5 Å². The van der Waals surface area contributed by atoms with Crippen LogP contribution in [-0.4, -0.2) is 60.5 Å². The third-order valence-electron chi connectivity index (χ3n) is 6.20. The highest BCUT2D eigenvalue weighted by molar-refractivity contribution is 6.76. The van der Waals surface area contributed by atoms with Gasteiger partial charge in [-0.15, -0.1) is 5.06 Å². The molecule has 1 aromatic heterocycles. The van der Waals surface area contributed by atoms with E-state index in [0.717, 1.165) is 29.8 Å². The van der Waals surface area contributed by atoms with Crippen LogP contribution in [0.3, 0.4) is 0 Å². The van der Waals surface area contributed by atoms with E-state index in [1.807, 2.05) is 6.92 Å². The normalized spacial score (nSPS) is 16.6. The fourth-order valence-electron chi connectivity index (χ4n) is 4.19. The second-order valence-corrected chi connectivity index (χ2v) is 15.7. The summed E-state index contributed by atoms with van der Waals surface area (Å²) >= 11 is 0. The van der Waals surface area contributed by atoms with Crippen molar-refractivity contribution < 1.29 is 19.2 Å². The number of benzene rings is 1. The highest BCUT2D eigenvalue weighted by Crippen LogP contribution is 2.27. The van der Waals surface area contributed by atoms with Crippen LogP contribution in [0.4, 0.5) is 5.69 Å². The largest absolute Gasteiger partial charge is 0.365 e. The van der Waals surface area contributed by atoms with Gasteiger partial charge in [-0.25, -0.2) is 4.68 Å². The summed E-state index contributed by atoms with van der Waals surface area (Å²) in [5, 5.41) is 5.17. The van der Waals surface area contributed by atoms with Crippen LogP contribution in [0.5, 0.6) is 0 Å². The number of carbonyl (C=O) groups excluding carboxylic acids is 2. The van der Waals surface area contributed by atoms with Crippen molar-refractivity contribution in [1.82, 2.24) is 14.8 Å². The molecule has 9 nitrogen and oxygen atoms in total. The molecular weight excluding hydrogens is 452 g/mol. The summed E-state index contributed by atoms with van der Waals surface area (Å²) in [5.74, 6) is -0.906. The van der Waals surface area contributed by atoms with Crippen molar-refractivity contribution in [2.75, 3.05) is 24.7 Å². The minimum absolute atomic E-state index is 0.119. The molecule has 0 saturated carbocycles. The van der Waals surface area contributed by atoms with E-state index in [4.69, 9.17) is 9.57 Å². The van der Waals surface area contributed by atoms with E-state index in [1.54, 1.807) is 30.5 Å². The van der Waals surface area contributed by atoms with E-state index in [2.05, 4.69) is 29.6 Å². The Labute approximate surface area is 200 Å². The van der Waals surface area contributed by atoms with Gasteiger partial charge < -0.3 is 9.64 Å². The number of nitrogens with zero attached hydrogens (tertiary/aromatic N) is 4. The maximum absolute atomic E-state index is 13.0. The van der Waals surface area contributed by atoms with Crippen LogP contribution in [0, 0.1) is 0 Å². The number of ether oxygens (including phenoxy) is 1. The molecule has 1 atom stereocenters. The number of rotatable bonds is 9. The van der Waals surface area contributed by atoms with Crippen LogP contribution >= 0.6 is 0 Å². The number of carbonyl (C=O) groups is 2. The highest BCUT2D eigenvalue weighted by Gasteiger charge is 2.37. The average Bonchev–Trinajstić information content (AvgIpc) is 3.05. The second-order valence-electron chi connectivity index (χ2n) is 10.1. The number of hydrogen-bond donors (Lipinski definition) is 0. The molecule has 0 aliphatic carbocycles. The molecule has 3 heterocycles. The third kappa shape index (κ3) is 4.98. The number of amides is 2. The fourth-order valence-corrected chi connectivity index (χ4v) is 4.94. The van der Waals surface area contributed by atoms with Gasteiger partial charge in [0.25, 0.3) is 17.4 Å². The van der Waals surface area contributed by atoms with Crippen molar-refractivity contribution in [2.45, 2.75) is 58.2 Å². The van der Waals surface area contributed by atoms with Crippen LogP contribution in [0.2, 0.25) is 25.7 Å². The van der Waals surface area contributed by atoms with Gasteiger partial charge in [-0.1, -0.05) is 31.8 Å². The summed E-state index contributed by atoms with van der Waals surface area (Å²) in [7, 11) is -1.20. The topological polar surface area (TPSA) is 94.0 Å². The highest BCUT2D eigenvalue weighted by atomic mass is 28.3. The number of fused-ring (bicyclic) bond motifs is 2. The van der Waals surface area contributed by atoms with Crippen LogP contribution in [0.15, 0.2) is 35.3 Å². The monoisotopic (exact) mass is 484 g/mol. The predicted molar refractivity (Wildman–Crippen MR) is 131 cm³/mol. The van der Waals surface area contributed by atoms with E-state index in [1.165, 1.54) is 4.68 Å².